The predicted octanol–water partition coefficient (Wildman–Crippen LogP) is 3.57. The van der Waals surface area contributed by atoms with Crippen molar-refractivity contribution in [3.63, 3.8) is 0 Å². The number of hydrogen-bond donors (Lipinski definition) is 1. The van der Waals surface area contributed by atoms with E-state index in [1.54, 1.807) is 11.1 Å². The van der Waals surface area contributed by atoms with Gasteiger partial charge in [-0.1, -0.05) is 31.2 Å². The molecule has 0 saturated carbocycles. The highest BCUT2D eigenvalue weighted by Gasteiger charge is 2.35. The molecule has 1 heterocycles. The first-order valence-electron chi connectivity index (χ1n) is 8.66. The Labute approximate surface area is 129 Å². The number of nitrogens with one attached hydrogen (secondary N) is 1. The van der Waals surface area contributed by atoms with Crippen LogP contribution in [0.15, 0.2) is 24.3 Å². The molecule has 1 fully saturated rings. The number of rotatable bonds is 3. The molecule has 1 aromatic carbocycles. The molecule has 0 radical (unpaired) electrons. The van der Waals surface area contributed by atoms with Crippen LogP contribution in [0.3, 0.4) is 0 Å². The summed E-state index contributed by atoms with van der Waals surface area (Å²) in [5.41, 5.74) is 3.48. The number of nitrogens with zero attached hydrogens (tertiary/aromatic N) is 1. The Morgan fingerprint density at radius 1 is 1.29 bits per heavy atom. The zero-order valence-corrected chi connectivity index (χ0v) is 13.9. The summed E-state index contributed by atoms with van der Waals surface area (Å²) in [5.74, 6) is 0.727. The Balaban J connectivity index is 1.76. The minimum absolute atomic E-state index is 0.276. The van der Waals surface area contributed by atoms with Crippen molar-refractivity contribution in [2.75, 3.05) is 19.6 Å². The van der Waals surface area contributed by atoms with Crippen LogP contribution in [0.25, 0.3) is 0 Å². The summed E-state index contributed by atoms with van der Waals surface area (Å²) in [4.78, 5) is 2.74. The molecule has 21 heavy (non-hydrogen) atoms. The molecule has 0 aromatic heterocycles. The fourth-order valence-electron chi connectivity index (χ4n) is 3.99. The van der Waals surface area contributed by atoms with Crippen molar-refractivity contribution in [2.24, 2.45) is 0 Å². The molecule has 2 heteroatoms. The molecular weight excluding hydrogens is 256 g/mol. The van der Waals surface area contributed by atoms with Gasteiger partial charge in [-0.05, 0) is 56.6 Å². The van der Waals surface area contributed by atoms with Crippen molar-refractivity contribution >= 4 is 0 Å². The maximum atomic E-state index is 3.70. The van der Waals surface area contributed by atoms with Crippen molar-refractivity contribution < 1.29 is 0 Å². The van der Waals surface area contributed by atoms with Crippen LogP contribution in [-0.4, -0.2) is 36.1 Å². The van der Waals surface area contributed by atoms with Crippen LogP contribution < -0.4 is 5.32 Å². The van der Waals surface area contributed by atoms with E-state index in [2.05, 4.69) is 55.3 Å². The Morgan fingerprint density at radius 2 is 2.10 bits per heavy atom. The van der Waals surface area contributed by atoms with E-state index in [0.29, 0.717) is 6.04 Å². The van der Waals surface area contributed by atoms with Gasteiger partial charge in [-0.25, -0.2) is 0 Å². The molecule has 2 nitrogen and oxygen atoms in total. The van der Waals surface area contributed by atoms with Crippen molar-refractivity contribution in [1.29, 1.82) is 0 Å². The zero-order chi connectivity index (χ0) is 14.9. The van der Waals surface area contributed by atoms with Gasteiger partial charge >= 0.3 is 0 Å². The van der Waals surface area contributed by atoms with E-state index in [0.717, 1.165) is 12.5 Å². The fraction of sp³-hybridized carbons (Fsp3) is 0.684. The third kappa shape index (κ3) is 3.17. The SMILES string of the molecule is CCC1CN(CC2CCCc3ccccc32)C(C)(C)CN1. The van der Waals surface area contributed by atoms with Crippen LogP contribution in [0.5, 0.6) is 0 Å². The van der Waals surface area contributed by atoms with Gasteiger partial charge in [0.1, 0.15) is 0 Å². The number of aryl methyl sites for hydroxylation is 1. The van der Waals surface area contributed by atoms with Crippen molar-refractivity contribution in [2.45, 2.75) is 64.0 Å². The van der Waals surface area contributed by atoms with Gasteiger partial charge in [0.05, 0.1) is 0 Å². The smallest absolute Gasteiger partial charge is 0.0278 e. The molecule has 0 bridgehead atoms. The third-order valence-corrected chi connectivity index (χ3v) is 5.55. The van der Waals surface area contributed by atoms with Gasteiger partial charge in [-0.3, -0.25) is 4.90 Å². The van der Waals surface area contributed by atoms with Crippen molar-refractivity contribution in [3.8, 4) is 0 Å². The van der Waals surface area contributed by atoms with E-state index >= 15 is 0 Å². The molecule has 1 aliphatic carbocycles. The van der Waals surface area contributed by atoms with E-state index < -0.39 is 0 Å². The molecule has 1 N–H and O–H groups in total. The van der Waals surface area contributed by atoms with Gasteiger partial charge in [-0.2, -0.15) is 0 Å². The first kappa shape index (κ1) is 15.1. The number of fused-ring (bicyclic) bond motifs is 1. The van der Waals surface area contributed by atoms with Crippen LogP contribution in [-0.2, 0) is 6.42 Å². The fourth-order valence-corrected chi connectivity index (χ4v) is 3.99. The Bertz CT molecular complexity index is 480. The average molecular weight is 286 g/mol. The van der Waals surface area contributed by atoms with Gasteiger partial charge in [-0.15, -0.1) is 0 Å². The summed E-state index contributed by atoms with van der Waals surface area (Å²) in [6.45, 7) is 10.6. The van der Waals surface area contributed by atoms with Gasteiger partial charge in [0.15, 0.2) is 0 Å². The van der Waals surface area contributed by atoms with Gasteiger partial charge < -0.3 is 5.32 Å². The Morgan fingerprint density at radius 3 is 2.90 bits per heavy atom. The molecule has 2 aliphatic rings. The lowest BCUT2D eigenvalue weighted by Gasteiger charge is -2.48. The average Bonchev–Trinajstić information content (AvgIpc) is 2.49. The molecule has 1 saturated heterocycles. The summed E-state index contributed by atoms with van der Waals surface area (Å²) in [6.07, 6.45) is 5.21. The van der Waals surface area contributed by atoms with Crippen molar-refractivity contribution in [3.05, 3.63) is 35.4 Å². The molecule has 116 valence electrons. The van der Waals surface area contributed by atoms with Crippen LogP contribution in [0.1, 0.15) is 57.1 Å². The van der Waals surface area contributed by atoms with Crippen molar-refractivity contribution in [1.82, 2.24) is 10.2 Å². The van der Waals surface area contributed by atoms with E-state index in [9.17, 15) is 0 Å². The highest BCUT2D eigenvalue weighted by atomic mass is 15.3. The second-order valence-corrected chi connectivity index (χ2v) is 7.49. The number of benzene rings is 1. The lowest BCUT2D eigenvalue weighted by Crippen LogP contribution is -2.62. The lowest BCUT2D eigenvalue weighted by atomic mass is 9.81. The highest BCUT2D eigenvalue weighted by Crippen LogP contribution is 2.34. The molecule has 2 atom stereocenters. The van der Waals surface area contributed by atoms with Gasteiger partial charge in [0.25, 0.3) is 0 Å². The van der Waals surface area contributed by atoms with E-state index in [4.69, 9.17) is 0 Å². The van der Waals surface area contributed by atoms with Crippen LogP contribution >= 0.6 is 0 Å². The van der Waals surface area contributed by atoms with E-state index in [1.165, 1.54) is 38.8 Å². The molecule has 1 aromatic rings. The van der Waals surface area contributed by atoms with E-state index in [-0.39, 0.29) is 5.54 Å². The van der Waals surface area contributed by atoms with Crippen LogP contribution in [0.2, 0.25) is 0 Å². The topological polar surface area (TPSA) is 15.3 Å². The minimum Gasteiger partial charge on any atom is -0.311 e. The summed E-state index contributed by atoms with van der Waals surface area (Å²) in [7, 11) is 0. The summed E-state index contributed by atoms with van der Waals surface area (Å²) in [6, 6.07) is 9.78. The largest absolute Gasteiger partial charge is 0.311 e. The highest BCUT2D eigenvalue weighted by molar-refractivity contribution is 5.33. The number of hydrogen-bond acceptors (Lipinski definition) is 2. The van der Waals surface area contributed by atoms with Crippen LogP contribution in [0, 0.1) is 0 Å². The third-order valence-electron chi connectivity index (χ3n) is 5.55. The normalized spacial score (nSPS) is 29.1. The first-order chi connectivity index (χ1) is 10.1. The lowest BCUT2D eigenvalue weighted by molar-refractivity contribution is 0.0571. The monoisotopic (exact) mass is 286 g/mol. The molecule has 1 aliphatic heterocycles. The van der Waals surface area contributed by atoms with E-state index in [1.807, 2.05) is 0 Å². The first-order valence-corrected chi connectivity index (χ1v) is 8.66. The molecule has 3 rings (SSSR count). The second kappa shape index (κ2) is 6.10. The summed E-state index contributed by atoms with van der Waals surface area (Å²) in [5, 5.41) is 3.70. The Kier molecular flexibility index (Phi) is 4.37. The molecule has 0 spiro atoms. The predicted molar refractivity (Wildman–Crippen MR) is 89.9 cm³/mol. The quantitative estimate of drug-likeness (QED) is 0.914. The standard InChI is InChI=1S/C19H30N2/c1-4-17-13-21(19(2,3)14-20-17)12-16-10-7-9-15-8-5-6-11-18(15)16/h5-6,8,11,16-17,20H,4,7,9-10,12-14H2,1-3H3. The summed E-state index contributed by atoms with van der Waals surface area (Å²) >= 11 is 0. The van der Waals surface area contributed by atoms with Gasteiger partial charge in [0, 0.05) is 31.2 Å². The van der Waals surface area contributed by atoms with Gasteiger partial charge in [0.2, 0.25) is 0 Å². The minimum atomic E-state index is 0.276. The zero-order valence-electron chi connectivity index (χ0n) is 13.9. The molecule has 0 amide bonds. The maximum Gasteiger partial charge on any atom is 0.0278 e. The molecular formula is C19H30N2. The maximum absolute atomic E-state index is 3.70. The number of piperazine rings is 1. The second-order valence-electron chi connectivity index (χ2n) is 7.49. The Hall–Kier alpha value is -0.860. The molecule has 2 unspecified atom stereocenters. The van der Waals surface area contributed by atoms with Crippen LogP contribution in [0.4, 0.5) is 0 Å². The summed E-state index contributed by atoms with van der Waals surface area (Å²) < 4.78 is 0.